The number of halogens is 2. The van der Waals surface area contributed by atoms with Crippen molar-refractivity contribution in [2.24, 2.45) is 0 Å². The summed E-state index contributed by atoms with van der Waals surface area (Å²) in [6.45, 7) is 1.67. The van der Waals surface area contributed by atoms with Crippen LogP contribution in [0, 0.1) is 11.6 Å². The summed E-state index contributed by atoms with van der Waals surface area (Å²) >= 11 is 0. The SMILES string of the molecule is CCC(=O)c1ccc(F)c(F)c1. The van der Waals surface area contributed by atoms with Gasteiger partial charge in [-0.1, -0.05) is 6.92 Å². The molecular weight excluding hydrogens is 162 g/mol. The summed E-state index contributed by atoms with van der Waals surface area (Å²) < 4.78 is 24.9. The molecule has 0 unspecified atom stereocenters. The number of ketones is 1. The predicted octanol–water partition coefficient (Wildman–Crippen LogP) is 2.56. The molecule has 0 saturated carbocycles. The number of Topliss-reactive ketones (excluding diaryl/α,β-unsaturated/α-hetero) is 1. The van der Waals surface area contributed by atoms with Gasteiger partial charge in [-0.2, -0.15) is 0 Å². The maximum Gasteiger partial charge on any atom is 0.162 e. The molecule has 1 aromatic carbocycles. The highest BCUT2D eigenvalue weighted by molar-refractivity contribution is 5.95. The van der Waals surface area contributed by atoms with Gasteiger partial charge < -0.3 is 0 Å². The Morgan fingerprint density at radius 1 is 1.33 bits per heavy atom. The van der Waals surface area contributed by atoms with Gasteiger partial charge in [0.05, 0.1) is 0 Å². The Kier molecular flexibility index (Phi) is 2.53. The summed E-state index contributed by atoms with van der Waals surface area (Å²) in [7, 11) is 0. The van der Waals surface area contributed by atoms with Gasteiger partial charge in [0.2, 0.25) is 0 Å². The molecule has 1 rings (SSSR count). The standard InChI is InChI=1S/C9H8F2O/c1-2-9(12)6-3-4-7(10)8(11)5-6/h3-5H,2H2,1H3. The van der Waals surface area contributed by atoms with Crippen LogP contribution in [0.3, 0.4) is 0 Å². The van der Waals surface area contributed by atoms with Gasteiger partial charge in [-0.25, -0.2) is 8.78 Å². The molecule has 0 radical (unpaired) electrons. The van der Waals surface area contributed by atoms with Gasteiger partial charge in [0.25, 0.3) is 0 Å². The van der Waals surface area contributed by atoms with E-state index < -0.39 is 11.6 Å². The van der Waals surface area contributed by atoms with Crippen molar-refractivity contribution in [1.82, 2.24) is 0 Å². The third kappa shape index (κ3) is 1.67. The molecule has 0 saturated heterocycles. The molecule has 64 valence electrons. The van der Waals surface area contributed by atoms with Crippen LogP contribution in [0.5, 0.6) is 0 Å². The van der Waals surface area contributed by atoms with Crippen molar-refractivity contribution in [3.05, 3.63) is 35.4 Å². The fourth-order valence-corrected chi connectivity index (χ4v) is 0.874. The molecule has 0 bridgehead atoms. The second-order valence-corrected chi connectivity index (χ2v) is 2.41. The summed E-state index contributed by atoms with van der Waals surface area (Å²) in [5.41, 5.74) is 0.219. The minimum absolute atomic E-state index is 0.186. The van der Waals surface area contributed by atoms with E-state index in [9.17, 15) is 13.6 Å². The van der Waals surface area contributed by atoms with E-state index in [2.05, 4.69) is 0 Å². The summed E-state index contributed by atoms with van der Waals surface area (Å²) in [5, 5.41) is 0. The molecule has 0 atom stereocenters. The van der Waals surface area contributed by atoms with Gasteiger partial charge in [0.1, 0.15) is 0 Å². The molecule has 1 nitrogen and oxygen atoms in total. The molecule has 0 amide bonds. The lowest BCUT2D eigenvalue weighted by Gasteiger charge is -1.97. The minimum atomic E-state index is -0.977. The average molecular weight is 170 g/mol. The molecule has 0 heterocycles. The van der Waals surface area contributed by atoms with Crippen molar-refractivity contribution in [3.8, 4) is 0 Å². The number of hydrogen-bond donors (Lipinski definition) is 0. The van der Waals surface area contributed by atoms with Crippen molar-refractivity contribution in [3.63, 3.8) is 0 Å². The van der Waals surface area contributed by atoms with Crippen molar-refractivity contribution in [1.29, 1.82) is 0 Å². The van der Waals surface area contributed by atoms with Crippen molar-refractivity contribution < 1.29 is 13.6 Å². The zero-order valence-electron chi connectivity index (χ0n) is 6.60. The summed E-state index contributed by atoms with van der Waals surface area (Å²) in [6.07, 6.45) is 0.297. The highest BCUT2D eigenvalue weighted by atomic mass is 19.2. The van der Waals surface area contributed by atoms with E-state index in [-0.39, 0.29) is 11.3 Å². The summed E-state index contributed by atoms with van der Waals surface area (Å²) in [5.74, 6) is -2.09. The Hall–Kier alpha value is -1.25. The molecule has 0 aliphatic carbocycles. The zero-order valence-corrected chi connectivity index (χ0v) is 6.60. The van der Waals surface area contributed by atoms with Gasteiger partial charge in [-0.05, 0) is 18.2 Å². The molecule has 0 spiro atoms. The van der Waals surface area contributed by atoms with Crippen LogP contribution in [-0.2, 0) is 0 Å². The second kappa shape index (κ2) is 3.43. The lowest BCUT2D eigenvalue weighted by atomic mass is 10.1. The second-order valence-electron chi connectivity index (χ2n) is 2.41. The molecule has 0 aromatic heterocycles. The van der Waals surface area contributed by atoms with E-state index in [1.165, 1.54) is 6.07 Å². The molecular formula is C9H8F2O. The van der Waals surface area contributed by atoms with Gasteiger partial charge in [0.15, 0.2) is 17.4 Å². The van der Waals surface area contributed by atoms with Crippen LogP contribution < -0.4 is 0 Å². The smallest absolute Gasteiger partial charge is 0.162 e. The van der Waals surface area contributed by atoms with Gasteiger partial charge in [-0.15, -0.1) is 0 Å². The van der Waals surface area contributed by atoms with Crippen LogP contribution in [0.25, 0.3) is 0 Å². The zero-order chi connectivity index (χ0) is 9.14. The number of hydrogen-bond acceptors (Lipinski definition) is 1. The Labute approximate surface area is 69.0 Å². The minimum Gasteiger partial charge on any atom is -0.294 e. The molecule has 0 aliphatic heterocycles. The molecule has 3 heteroatoms. The third-order valence-corrected chi connectivity index (χ3v) is 1.56. The first-order valence-electron chi connectivity index (χ1n) is 3.63. The maximum atomic E-state index is 12.5. The van der Waals surface area contributed by atoms with E-state index in [0.29, 0.717) is 6.42 Å². The summed E-state index contributed by atoms with van der Waals surface area (Å²) in [4.78, 5) is 11.0. The van der Waals surface area contributed by atoms with Crippen LogP contribution in [0.2, 0.25) is 0 Å². The van der Waals surface area contributed by atoms with E-state index >= 15 is 0 Å². The normalized spacial score (nSPS) is 9.92. The van der Waals surface area contributed by atoms with E-state index in [1.54, 1.807) is 6.92 Å². The predicted molar refractivity (Wildman–Crippen MR) is 41.0 cm³/mol. The fourth-order valence-electron chi connectivity index (χ4n) is 0.874. The molecule has 1 aromatic rings. The first kappa shape index (κ1) is 8.84. The lowest BCUT2D eigenvalue weighted by Crippen LogP contribution is -1.97. The number of benzene rings is 1. The van der Waals surface area contributed by atoms with Crippen LogP contribution >= 0.6 is 0 Å². The molecule has 12 heavy (non-hydrogen) atoms. The highest BCUT2D eigenvalue weighted by Crippen LogP contribution is 2.10. The number of carbonyl (C=O) groups excluding carboxylic acids is 1. The van der Waals surface area contributed by atoms with E-state index in [1.807, 2.05) is 0 Å². The van der Waals surface area contributed by atoms with Gasteiger partial charge in [-0.3, -0.25) is 4.79 Å². The monoisotopic (exact) mass is 170 g/mol. The van der Waals surface area contributed by atoms with Crippen LogP contribution in [0.15, 0.2) is 18.2 Å². The highest BCUT2D eigenvalue weighted by Gasteiger charge is 2.06. The third-order valence-electron chi connectivity index (χ3n) is 1.56. The van der Waals surface area contributed by atoms with Crippen molar-refractivity contribution in [2.75, 3.05) is 0 Å². The van der Waals surface area contributed by atoms with Gasteiger partial charge in [0, 0.05) is 12.0 Å². The quantitative estimate of drug-likeness (QED) is 0.623. The summed E-state index contributed by atoms with van der Waals surface area (Å²) in [6, 6.07) is 3.16. The molecule has 0 fully saturated rings. The molecule has 0 N–H and O–H groups in total. The first-order chi connectivity index (χ1) is 5.65. The Morgan fingerprint density at radius 2 is 2.00 bits per heavy atom. The maximum absolute atomic E-state index is 12.5. The number of carbonyl (C=O) groups is 1. The first-order valence-corrected chi connectivity index (χ1v) is 3.63. The van der Waals surface area contributed by atoms with Crippen LogP contribution in [-0.4, -0.2) is 5.78 Å². The molecule has 0 aliphatic rings. The lowest BCUT2D eigenvalue weighted by molar-refractivity contribution is 0.0987. The average Bonchev–Trinajstić information content (AvgIpc) is 2.08. The Balaban J connectivity index is 3.05. The van der Waals surface area contributed by atoms with E-state index in [0.717, 1.165) is 12.1 Å². The van der Waals surface area contributed by atoms with Crippen LogP contribution in [0.4, 0.5) is 8.78 Å². The van der Waals surface area contributed by atoms with Crippen LogP contribution in [0.1, 0.15) is 23.7 Å². The topological polar surface area (TPSA) is 17.1 Å². The fraction of sp³-hybridized carbons (Fsp3) is 0.222. The van der Waals surface area contributed by atoms with E-state index in [4.69, 9.17) is 0 Å². The van der Waals surface area contributed by atoms with Gasteiger partial charge >= 0.3 is 0 Å². The largest absolute Gasteiger partial charge is 0.294 e. The number of rotatable bonds is 2. The Bertz CT molecular complexity index is 307. The van der Waals surface area contributed by atoms with Crippen molar-refractivity contribution >= 4 is 5.78 Å². The Morgan fingerprint density at radius 3 is 2.50 bits per heavy atom. The van der Waals surface area contributed by atoms with Crippen molar-refractivity contribution in [2.45, 2.75) is 13.3 Å².